The normalized spacial score (nSPS) is 10.0. The first kappa shape index (κ1) is 13.2. The molecule has 0 spiro atoms. The fourth-order valence-electron chi connectivity index (χ4n) is 1.41. The van der Waals surface area contributed by atoms with E-state index in [-0.39, 0.29) is 5.91 Å². The summed E-state index contributed by atoms with van der Waals surface area (Å²) in [5.41, 5.74) is 5.98. The first-order chi connectivity index (χ1) is 8.06. The van der Waals surface area contributed by atoms with E-state index in [0.717, 1.165) is 6.54 Å². The molecule has 17 heavy (non-hydrogen) atoms. The molecule has 1 rings (SSSR count). The third kappa shape index (κ3) is 3.57. The van der Waals surface area contributed by atoms with Crippen LogP contribution in [0.25, 0.3) is 0 Å². The molecule has 3 N–H and O–H groups in total. The highest BCUT2D eigenvalue weighted by Crippen LogP contribution is 2.07. The number of carbonyl (C=O) groups is 2. The molecule has 0 radical (unpaired) electrons. The maximum absolute atomic E-state index is 12.0. The monoisotopic (exact) mass is 235 g/mol. The van der Waals surface area contributed by atoms with Gasteiger partial charge in [0.1, 0.15) is 0 Å². The van der Waals surface area contributed by atoms with Crippen LogP contribution in [0.2, 0.25) is 0 Å². The second-order valence-corrected chi connectivity index (χ2v) is 3.78. The number of hydrogen-bond donors (Lipinski definition) is 2. The van der Waals surface area contributed by atoms with Gasteiger partial charge >= 0.3 is 0 Å². The van der Waals surface area contributed by atoms with Crippen LogP contribution in [0, 0.1) is 0 Å². The van der Waals surface area contributed by atoms with Gasteiger partial charge < -0.3 is 16.0 Å². The van der Waals surface area contributed by atoms with Gasteiger partial charge in [-0.05, 0) is 25.2 Å². The van der Waals surface area contributed by atoms with Crippen LogP contribution in [0.3, 0.4) is 0 Å². The van der Waals surface area contributed by atoms with Crippen molar-refractivity contribution in [1.29, 1.82) is 0 Å². The minimum Gasteiger partial charge on any atom is -0.366 e. The van der Waals surface area contributed by atoms with E-state index in [1.54, 1.807) is 30.1 Å². The maximum Gasteiger partial charge on any atom is 0.253 e. The lowest BCUT2D eigenvalue weighted by atomic mass is 10.1. The van der Waals surface area contributed by atoms with E-state index in [9.17, 15) is 9.59 Å². The van der Waals surface area contributed by atoms with E-state index in [1.165, 1.54) is 6.07 Å². The minimum absolute atomic E-state index is 0.122. The summed E-state index contributed by atoms with van der Waals surface area (Å²) in [4.78, 5) is 24.6. The molecule has 0 heterocycles. The Morgan fingerprint density at radius 1 is 1.35 bits per heavy atom. The average molecular weight is 235 g/mol. The first-order valence-electron chi connectivity index (χ1n) is 5.36. The molecule has 0 aliphatic carbocycles. The van der Waals surface area contributed by atoms with Crippen LogP contribution in [0.4, 0.5) is 0 Å². The molecule has 0 fully saturated rings. The van der Waals surface area contributed by atoms with Crippen LogP contribution in [0.5, 0.6) is 0 Å². The molecule has 5 heteroatoms. The molecule has 0 bridgehead atoms. The Bertz CT molecular complexity index is 418. The number of hydrogen-bond acceptors (Lipinski definition) is 3. The summed E-state index contributed by atoms with van der Waals surface area (Å²) in [6.45, 7) is 1.33. The molecule has 0 unspecified atom stereocenters. The zero-order chi connectivity index (χ0) is 12.8. The number of amides is 2. The van der Waals surface area contributed by atoms with Crippen LogP contribution >= 0.6 is 0 Å². The predicted molar refractivity (Wildman–Crippen MR) is 65.8 cm³/mol. The SMILES string of the molecule is CNCCN(C)C(=O)c1cccc(C(N)=O)c1. The summed E-state index contributed by atoms with van der Waals surface area (Å²) in [6, 6.07) is 6.43. The maximum atomic E-state index is 12.0. The number of likely N-dealkylation sites (N-methyl/N-ethyl adjacent to an activating group) is 2. The first-order valence-corrected chi connectivity index (χ1v) is 5.36. The van der Waals surface area contributed by atoms with Gasteiger partial charge in [-0.3, -0.25) is 9.59 Å². The smallest absolute Gasteiger partial charge is 0.253 e. The molecule has 0 aliphatic rings. The molecule has 0 aromatic heterocycles. The number of nitrogens with one attached hydrogen (secondary N) is 1. The molecule has 0 saturated carbocycles. The van der Waals surface area contributed by atoms with Crippen molar-refractivity contribution < 1.29 is 9.59 Å². The number of nitrogens with two attached hydrogens (primary N) is 1. The van der Waals surface area contributed by atoms with Crippen molar-refractivity contribution in [2.75, 3.05) is 27.2 Å². The van der Waals surface area contributed by atoms with Crippen LogP contribution in [-0.2, 0) is 0 Å². The van der Waals surface area contributed by atoms with Gasteiger partial charge in [-0.2, -0.15) is 0 Å². The van der Waals surface area contributed by atoms with Crippen LogP contribution in [0.1, 0.15) is 20.7 Å². The molecule has 0 aliphatic heterocycles. The number of benzene rings is 1. The van der Waals surface area contributed by atoms with Crippen molar-refractivity contribution >= 4 is 11.8 Å². The Balaban J connectivity index is 2.81. The summed E-state index contributed by atoms with van der Waals surface area (Å²) in [7, 11) is 3.54. The van der Waals surface area contributed by atoms with E-state index in [2.05, 4.69) is 5.32 Å². The zero-order valence-electron chi connectivity index (χ0n) is 10.1. The lowest BCUT2D eigenvalue weighted by molar-refractivity contribution is 0.0797. The summed E-state index contributed by atoms with van der Waals surface area (Å²) >= 11 is 0. The molecule has 0 atom stereocenters. The van der Waals surface area contributed by atoms with E-state index < -0.39 is 5.91 Å². The third-order valence-electron chi connectivity index (χ3n) is 2.44. The molecule has 1 aromatic rings. The molecule has 92 valence electrons. The van der Waals surface area contributed by atoms with Gasteiger partial charge in [0, 0.05) is 31.3 Å². The fraction of sp³-hybridized carbons (Fsp3) is 0.333. The molecule has 2 amide bonds. The molecule has 5 nitrogen and oxygen atoms in total. The van der Waals surface area contributed by atoms with E-state index in [0.29, 0.717) is 17.7 Å². The van der Waals surface area contributed by atoms with Crippen molar-refractivity contribution in [1.82, 2.24) is 10.2 Å². The van der Waals surface area contributed by atoms with Crippen molar-refractivity contribution in [3.8, 4) is 0 Å². The second-order valence-electron chi connectivity index (χ2n) is 3.78. The molecule has 1 aromatic carbocycles. The Labute approximate surface area is 101 Å². The number of rotatable bonds is 5. The van der Waals surface area contributed by atoms with Crippen molar-refractivity contribution in [3.05, 3.63) is 35.4 Å². The van der Waals surface area contributed by atoms with Crippen molar-refractivity contribution in [2.45, 2.75) is 0 Å². The quantitative estimate of drug-likeness (QED) is 0.758. The lowest BCUT2D eigenvalue weighted by Gasteiger charge is -2.17. The predicted octanol–water partition coefficient (Wildman–Crippen LogP) is 0.0769. The van der Waals surface area contributed by atoms with Gasteiger partial charge in [0.05, 0.1) is 0 Å². The average Bonchev–Trinajstić information content (AvgIpc) is 2.35. The lowest BCUT2D eigenvalue weighted by Crippen LogP contribution is -2.32. The molecular formula is C12H17N3O2. The van der Waals surface area contributed by atoms with Crippen molar-refractivity contribution in [3.63, 3.8) is 0 Å². The molecular weight excluding hydrogens is 218 g/mol. The number of nitrogens with zero attached hydrogens (tertiary/aromatic N) is 1. The van der Waals surface area contributed by atoms with Crippen LogP contribution < -0.4 is 11.1 Å². The topological polar surface area (TPSA) is 75.4 Å². The van der Waals surface area contributed by atoms with Gasteiger partial charge in [-0.25, -0.2) is 0 Å². The highest BCUT2D eigenvalue weighted by Gasteiger charge is 2.12. The number of carbonyl (C=O) groups excluding carboxylic acids is 2. The van der Waals surface area contributed by atoms with Gasteiger partial charge in [0.2, 0.25) is 5.91 Å². The van der Waals surface area contributed by atoms with Gasteiger partial charge in [0.25, 0.3) is 5.91 Å². The highest BCUT2D eigenvalue weighted by atomic mass is 16.2. The van der Waals surface area contributed by atoms with Gasteiger partial charge in [-0.15, -0.1) is 0 Å². The summed E-state index contributed by atoms with van der Waals surface area (Å²) in [6.07, 6.45) is 0. The van der Waals surface area contributed by atoms with E-state index >= 15 is 0 Å². The van der Waals surface area contributed by atoms with E-state index in [1.807, 2.05) is 7.05 Å². The largest absolute Gasteiger partial charge is 0.366 e. The summed E-state index contributed by atoms with van der Waals surface area (Å²) in [5, 5.41) is 2.97. The Morgan fingerprint density at radius 2 is 2.00 bits per heavy atom. The second kappa shape index (κ2) is 6.00. The number of primary amides is 1. The molecule has 0 saturated heterocycles. The third-order valence-corrected chi connectivity index (χ3v) is 2.44. The standard InChI is InChI=1S/C12H17N3O2/c1-14-6-7-15(2)12(17)10-5-3-4-9(8-10)11(13)16/h3-5,8,14H,6-7H2,1-2H3,(H2,13,16). The van der Waals surface area contributed by atoms with Gasteiger partial charge in [0.15, 0.2) is 0 Å². The van der Waals surface area contributed by atoms with Crippen molar-refractivity contribution in [2.24, 2.45) is 5.73 Å². The zero-order valence-corrected chi connectivity index (χ0v) is 10.1. The van der Waals surface area contributed by atoms with Crippen LogP contribution in [0.15, 0.2) is 24.3 Å². The van der Waals surface area contributed by atoms with E-state index in [4.69, 9.17) is 5.73 Å². The van der Waals surface area contributed by atoms with Crippen LogP contribution in [-0.4, -0.2) is 43.9 Å². The van der Waals surface area contributed by atoms with Gasteiger partial charge in [-0.1, -0.05) is 6.07 Å². The Hall–Kier alpha value is -1.88. The summed E-state index contributed by atoms with van der Waals surface area (Å²) < 4.78 is 0. The minimum atomic E-state index is -0.530. The Kier molecular flexibility index (Phi) is 4.66. The Morgan fingerprint density at radius 3 is 2.59 bits per heavy atom. The fourth-order valence-corrected chi connectivity index (χ4v) is 1.41. The summed E-state index contributed by atoms with van der Waals surface area (Å²) in [5.74, 6) is -0.652. The highest BCUT2D eigenvalue weighted by molar-refractivity contribution is 5.98.